The van der Waals surface area contributed by atoms with Crippen molar-refractivity contribution in [3.63, 3.8) is 0 Å². The van der Waals surface area contributed by atoms with Gasteiger partial charge in [-0.15, -0.1) is 0 Å². The fourth-order valence-corrected chi connectivity index (χ4v) is 1.92. The number of benzene rings is 1. The second kappa shape index (κ2) is 6.51. The van der Waals surface area contributed by atoms with Gasteiger partial charge in [-0.3, -0.25) is 0 Å². The van der Waals surface area contributed by atoms with E-state index in [1.165, 1.54) is 0 Å². The van der Waals surface area contributed by atoms with Crippen LogP contribution in [-0.4, -0.2) is 27.9 Å². The normalized spacial score (nSPS) is 13.7. The highest BCUT2D eigenvalue weighted by Gasteiger charge is 2.43. The summed E-state index contributed by atoms with van der Waals surface area (Å²) < 4.78 is 4.94. The summed E-state index contributed by atoms with van der Waals surface area (Å²) in [5, 5.41) is 9.29. The highest BCUT2D eigenvalue weighted by molar-refractivity contribution is 9.09. The highest BCUT2D eigenvalue weighted by Crippen LogP contribution is 2.13. The van der Waals surface area contributed by atoms with Crippen LogP contribution in [0.3, 0.4) is 0 Å². The minimum Gasteiger partial charge on any atom is -0.479 e. The molecule has 1 unspecified atom stereocenters. The Hall–Kier alpha value is -1.40. The summed E-state index contributed by atoms with van der Waals surface area (Å²) in [7, 11) is 0. The fourth-order valence-electron chi connectivity index (χ4n) is 1.30. The molecular formula is C12H14BrNO4. The van der Waals surface area contributed by atoms with Crippen LogP contribution in [-0.2, 0) is 20.9 Å². The van der Waals surface area contributed by atoms with E-state index in [1.807, 2.05) is 6.07 Å². The third kappa shape index (κ3) is 3.54. The van der Waals surface area contributed by atoms with Gasteiger partial charge in [0, 0.05) is 5.33 Å². The van der Waals surface area contributed by atoms with E-state index >= 15 is 0 Å². The molecule has 0 fully saturated rings. The van der Waals surface area contributed by atoms with E-state index in [-0.39, 0.29) is 13.0 Å². The molecule has 1 aromatic carbocycles. The van der Waals surface area contributed by atoms with E-state index in [9.17, 15) is 9.59 Å². The largest absolute Gasteiger partial charge is 0.479 e. The molecule has 0 aromatic heterocycles. The zero-order chi connectivity index (χ0) is 13.6. The average molecular weight is 316 g/mol. The molecule has 0 aliphatic heterocycles. The Morgan fingerprint density at radius 2 is 1.94 bits per heavy atom. The second-order valence-electron chi connectivity index (χ2n) is 3.78. The Kier molecular flexibility index (Phi) is 5.30. The van der Waals surface area contributed by atoms with Crippen LogP contribution < -0.4 is 5.73 Å². The van der Waals surface area contributed by atoms with E-state index in [2.05, 4.69) is 15.9 Å². The molecule has 0 saturated carbocycles. The zero-order valence-corrected chi connectivity index (χ0v) is 11.2. The summed E-state index contributed by atoms with van der Waals surface area (Å²) >= 11 is 3.07. The SMILES string of the molecule is NC(CCBr)(C(=O)O)C(=O)OCc1ccccc1. The lowest BCUT2D eigenvalue weighted by Gasteiger charge is -2.21. The monoisotopic (exact) mass is 315 g/mol. The molecule has 1 atom stereocenters. The molecule has 0 aliphatic rings. The van der Waals surface area contributed by atoms with Crippen molar-refractivity contribution in [1.29, 1.82) is 0 Å². The maximum Gasteiger partial charge on any atom is 0.338 e. The summed E-state index contributed by atoms with van der Waals surface area (Å²) in [5.74, 6) is -2.32. The number of hydrogen-bond donors (Lipinski definition) is 2. The van der Waals surface area contributed by atoms with Crippen LogP contribution in [0, 0.1) is 0 Å². The van der Waals surface area contributed by atoms with Gasteiger partial charge in [-0.05, 0) is 12.0 Å². The van der Waals surface area contributed by atoms with Crippen molar-refractivity contribution in [2.75, 3.05) is 5.33 Å². The van der Waals surface area contributed by atoms with Crippen molar-refractivity contribution in [3.8, 4) is 0 Å². The lowest BCUT2D eigenvalue weighted by Crippen LogP contribution is -2.56. The number of aliphatic carboxylic acids is 1. The summed E-state index contributed by atoms with van der Waals surface area (Å²) in [4.78, 5) is 22.7. The molecule has 6 heteroatoms. The predicted octanol–water partition coefficient (Wildman–Crippen LogP) is 1.30. The van der Waals surface area contributed by atoms with Crippen LogP contribution >= 0.6 is 15.9 Å². The molecular weight excluding hydrogens is 302 g/mol. The number of nitrogens with two attached hydrogens (primary N) is 1. The number of rotatable bonds is 6. The third-order valence-electron chi connectivity index (χ3n) is 2.45. The first kappa shape index (κ1) is 14.7. The summed E-state index contributed by atoms with van der Waals surface area (Å²) in [6.45, 7) is 0.00812. The van der Waals surface area contributed by atoms with Crippen LogP contribution in [0.2, 0.25) is 0 Å². The van der Waals surface area contributed by atoms with Gasteiger partial charge in [-0.2, -0.15) is 0 Å². The average Bonchev–Trinajstić information content (AvgIpc) is 2.37. The van der Waals surface area contributed by atoms with E-state index < -0.39 is 17.5 Å². The van der Waals surface area contributed by atoms with Gasteiger partial charge in [0.15, 0.2) is 0 Å². The second-order valence-corrected chi connectivity index (χ2v) is 4.57. The number of alkyl halides is 1. The zero-order valence-electron chi connectivity index (χ0n) is 9.64. The number of carbonyl (C=O) groups excluding carboxylic acids is 1. The Morgan fingerprint density at radius 3 is 2.44 bits per heavy atom. The van der Waals surface area contributed by atoms with Gasteiger partial charge in [0.1, 0.15) is 6.61 Å². The van der Waals surface area contributed by atoms with Crippen molar-refractivity contribution in [1.82, 2.24) is 0 Å². The summed E-state index contributed by atoms with van der Waals surface area (Å²) in [6, 6.07) is 8.98. The van der Waals surface area contributed by atoms with Gasteiger partial charge in [0.2, 0.25) is 5.54 Å². The van der Waals surface area contributed by atoms with Gasteiger partial charge < -0.3 is 15.6 Å². The van der Waals surface area contributed by atoms with Crippen molar-refractivity contribution >= 4 is 27.9 Å². The molecule has 0 radical (unpaired) electrons. The minimum atomic E-state index is -2.00. The predicted molar refractivity (Wildman–Crippen MR) is 69.2 cm³/mol. The summed E-state index contributed by atoms with van der Waals surface area (Å²) in [6.07, 6.45) is -0.0318. The summed E-state index contributed by atoms with van der Waals surface area (Å²) in [5.41, 5.74) is 4.33. The molecule has 1 aromatic rings. The molecule has 3 N–H and O–H groups in total. The number of halogens is 1. The number of esters is 1. The van der Waals surface area contributed by atoms with Crippen molar-refractivity contribution in [2.45, 2.75) is 18.6 Å². The van der Waals surface area contributed by atoms with Gasteiger partial charge in [-0.1, -0.05) is 46.3 Å². The van der Waals surface area contributed by atoms with Crippen molar-refractivity contribution < 1.29 is 19.4 Å². The Morgan fingerprint density at radius 1 is 1.33 bits per heavy atom. The van der Waals surface area contributed by atoms with E-state index in [0.717, 1.165) is 5.56 Å². The van der Waals surface area contributed by atoms with Gasteiger partial charge in [-0.25, -0.2) is 9.59 Å². The lowest BCUT2D eigenvalue weighted by molar-refractivity contribution is -0.162. The van der Waals surface area contributed by atoms with E-state index in [4.69, 9.17) is 15.6 Å². The molecule has 0 amide bonds. The van der Waals surface area contributed by atoms with Gasteiger partial charge >= 0.3 is 11.9 Å². The van der Waals surface area contributed by atoms with Crippen LogP contribution in [0.5, 0.6) is 0 Å². The van der Waals surface area contributed by atoms with Crippen LogP contribution in [0.4, 0.5) is 0 Å². The Bertz CT molecular complexity index is 423. The van der Waals surface area contributed by atoms with Crippen LogP contribution in [0.15, 0.2) is 30.3 Å². The topological polar surface area (TPSA) is 89.6 Å². The smallest absolute Gasteiger partial charge is 0.338 e. The molecule has 0 aliphatic carbocycles. The Balaban J connectivity index is 2.66. The molecule has 98 valence electrons. The van der Waals surface area contributed by atoms with Gasteiger partial charge in [0.25, 0.3) is 0 Å². The van der Waals surface area contributed by atoms with Crippen LogP contribution in [0.1, 0.15) is 12.0 Å². The Labute approximate surface area is 113 Å². The maximum absolute atomic E-state index is 11.7. The first-order valence-electron chi connectivity index (χ1n) is 5.30. The number of hydrogen-bond acceptors (Lipinski definition) is 4. The lowest BCUT2D eigenvalue weighted by atomic mass is 9.98. The molecule has 0 saturated heterocycles. The number of ether oxygens (including phenoxy) is 1. The highest BCUT2D eigenvalue weighted by atomic mass is 79.9. The third-order valence-corrected chi connectivity index (χ3v) is 2.84. The fraction of sp³-hybridized carbons (Fsp3) is 0.333. The number of carboxylic acid groups (broad SMARTS) is 1. The molecule has 1 rings (SSSR count). The minimum absolute atomic E-state index is 0.00812. The molecule has 0 bridgehead atoms. The van der Waals surface area contributed by atoms with E-state index in [1.54, 1.807) is 24.3 Å². The van der Waals surface area contributed by atoms with E-state index in [0.29, 0.717) is 5.33 Å². The first-order chi connectivity index (χ1) is 8.50. The standard InChI is InChI=1S/C12H14BrNO4/c13-7-6-12(14,10(15)16)11(17)18-8-9-4-2-1-3-5-9/h1-5H,6-8,14H2,(H,15,16). The number of carbonyl (C=O) groups is 2. The maximum atomic E-state index is 11.7. The van der Waals surface area contributed by atoms with Crippen molar-refractivity contribution in [2.24, 2.45) is 5.73 Å². The number of carboxylic acids is 1. The first-order valence-corrected chi connectivity index (χ1v) is 6.42. The van der Waals surface area contributed by atoms with Gasteiger partial charge in [0.05, 0.1) is 0 Å². The molecule has 0 spiro atoms. The molecule has 18 heavy (non-hydrogen) atoms. The van der Waals surface area contributed by atoms with Crippen molar-refractivity contribution in [3.05, 3.63) is 35.9 Å². The molecule has 0 heterocycles. The quantitative estimate of drug-likeness (QED) is 0.469. The molecule has 5 nitrogen and oxygen atoms in total. The van der Waals surface area contributed by atoms with Crippen LogP contribution in [0.25, 0.3) is 0 Å².